The maximum atomic E-state index is 12.9. The first-order valence-electron chi connectivity index (χ1n) is 9.14. The van der Waals surface area contributed by atoms with E-state index in [9.17, 15) is 26.4 Å². The van der Waals surface area contributed by atoms with Crippen LogP contribution < -0.4 is 4.72 Å². The number of alkyl halides is 3. The maximum Gasteiger partial charge on any atom is 0.416 e. The summed E-state index contributed by atoms with van der Waals surface area (Å²) in [5, 5.41) is 0. The smallest absolute Gasteiger partial charge is 0.416 e. The minimum atomic E-state index is -4.46. The Morgan fingerprint density at radius 2 is 1.61 bits per heavy atom. The first kappa shape index (κ1) is 22.4. The summed E-state index contributed by atoms with van der Waals surface area (Å²) in [6, 6.07) is 10.8. The second-order valence-corrected chi connectivity index (χ2v) is 8.45. The Morgan fingerprint density at radius 1 is 1.03 bits per heavy atom. The molecule has 10 heteroatoms. The number of carbonyl (C=O) groups is 1. The van der Waals surface area contributed by atoms with Gasteiger partial charge in [0, 0.05) is 17.4 Å². The number of H-pyrrole nitrogens is 1. The molecule has 1 heterocycles. The fourth-order valence-corrected chi connectivity index (χ4v) is 3.63. The topological polar surface area (TPSA) is 88.3 Å². The summed E-state index contributed by atoms with van der Waals surface area (Å²) in [5.74, 6) is -0.592. The third-order valence-electron chi connectivity index (χ3n) is 4.35. The van der Waals surface area contributed by atoms with E-state index in [1.54, 1.807) is 19.1 Å². The first-order valence-corrected chi connectivity index (χ1v) is 11.0. The lowest BCUT2D eigenvalue weighted by atomic mass is 9.97. The van der Waals surface area contributed by atoms with E-state index < -0.39 is 27.7 Å². The zero-order valence-electron chi connectivity index (χ0n) is 16.6. The standard InChI is InChI=1S/C21H19F3N2O4S/c1-3-30-20(27)17-12-25-19(14-4-8-15(9-5-14)21(22,23)24)18(17)13-6-10-16(11-7-13)26-31(2,28)29/h4-12,25-26H,3H2,1-2H3. The fraction of sp³-hybridized carbons (Fsp3) is 0.190. The number of nitrogens with one attached hydrogen (secondary N) is 2. The highest BCUT2D eigenvalue weighted by Gasteiger charge is 2.30. The number of halogens is 3. The van der Waals surface area contributed by atoms with Gasteiger partial charge in [-0.15, -0.1) is 0 Å². The molecule has 0 unspecified atom stereocenters. The molecular formula is C21H19F3N2O4S. The molecule has 1 aromatic heterocycles. The van der Waals surface area contributed by atoms with Crippen molar-refractivity contribution in [2.45, 2.75) is 13.1 Å². The van der Waals surface area contributed by atoms with E-state index >= 15 is 0 Å². The van der Waals surface area contributed by atoms with Crippen LogP contribution in [-0.4, -0.2) is 32.2 Å². The number of benzene rings is 2. The van der Waals surface area contributed by atoms with Gasteiger partial charge in [-0.25, -0.2) is 13.2 Å². The SMILES string of the molecule is CCOC(=O)c1c[nH]c(-c2ccc(C(F)(F)F)cc2)c1-c1ccc(NS(C)(=O)=O)cc1. The Balaban J connectivity index is 2.09. The van der Waals surface area contributed by atoms with E-state index in [0.29, 0.717) is 28.1 Å². The van der Waals surface area contributed by atoms with E-state index in [4.69, 9.17) is 4.74 Å². The van der Waals surface area contributed by atoms with E-state index in [0.717, 1.165) is 18.4 Å². The van der Waals surface area contributed by atoms with Gasteiger partial charge < -0.3 is 9.72 Å². The van der Waals surface area contributed by atoms with Crippen LogP contribution in [0.3, 0.4) is 0 Å². The molecule has 0 aliphatic heterocycles. The quantitative estimate of drug-likeness (QED) is 0.520. The number of aromatic amines is 1. The van der Waals surface area contributed by atoms with Crippen molar-refractivity contribution in [2.75, 3.05) is 17.6 Å². The van der Waals surface area contributed by atoms with Crippen molar-refractivity contribution in [1.29, 1.82) is 0 Å². The van der Waals surface area contributed by atoms with Gasteiger partial charge in [-0.1, -0.05) is 24.3 Å². The number of aromatic nitrogens is 1. The largest absolute Gasteiger partial charge is 0.462 e. The third kappa shape index (κ3) is 5.26. The van der Waals surface area contributed by atoms with Crippen LogP contribution in [0, 0.1) is 0 Å². The molecule has 6 nitrogen and oxygen atoms in total. The van der Waals surface area contributed by atoms with Gasteiger partial charge >= 0.3 is 12.1 Å². The summed E-state index contributed by atoms with van der Waals surface area (Å²) in [6.07, 6.45) is -2.01. The van der Waals surface area contributed by atoms with Crippen molar-refractivity contribution in [3.63, 3.8) is 0 Å². The summed E-state index contributed by atoms with van der Waals surface area (Å²) in [7, 11) is -3.46. The molecule has 0 amide bonds. The Bertz CT molecular complexity index is 1180. The van der Waals surface area contributed by atoms with Crippen LogP contribution in [0.1, 0.15) is 22.8 Å². The maximum absolute atomic E-state index is 12.9. The summed E-state index contributed by atoms with van der Waals surface area (Å²) in [4.78, 5) is 15.4. The molecule has 3 rings (SSSR count). The number of anilines is 1. The van der Waals surface area contributed by atoms with Gasteiger partial charge in [0.1, 0.15) is 0 Å². The van der Waals surface area contributed by atoms with Gasteiger partial charge in [0.15, 0.2) is 0 Å². The summed E-state index contributed by atoms with van der Waals surface area (Å²) in [5.41, 5.74) is 1.61. The van der Waals surface area contributed by atoms with Crippen LogP contribution in [0.25, 0.3) is 22.4 Å². The first-order chi connectivity index (χ1) is 14.5. The van der Waals surface area contributed by atoms with Crippen molar-refractivity contribution < 1.29 is 31.1 Å². The molecule has 164 valence electrons. The Labute approximate surface area is 177 Å². The van der Waals surface area contributed by atoms with Crippen LogP contribution >= 0.6 is 0 Å². The molecule has 0 atom stereocenters. The molecule has 0 radical (unpaired) electrons. The highest BCUT2D eigenvalue weighted by Crippen LogP contribution is 2.37. The lowest BCUT2D eigenvalue weighted by molar-refractivity contribution is -0.137. The molecule has 0 saturated heterocycles. The predicted molar refractivity (Wildman–Crippen MR) is 111 cm³/mol. The summed E-state index contributed by atoms with van der Waals surface area (Å²) < 4.78 is 69.0. The van der Waals surface area contributed by atoms with Crippen LogP contribution in [-0.2, 0) is 20.9 Å². The lowest BCUT2D eigenvalue weighted by Crippen LogP contribution is -2.09. The number of hydrogen-bond donors (Lipinski definition) is 2. The van der Waals surface area contributed by atoms with Gasteiger partial charge in [-0.2, -0.15) is 13.2 Å². The number of ether oxygens (including phenoxy) is 1. The summed E-state index contributed by atoms with van der Waals surface area (Å²) >= 11 is 0. The zero-order valence-corrected chi connectivity index (χ0v) is 17.4. The fourth-order valence-electron chi connectivity index (χ4n) is 3.07. The van der Waals surface area contributed by atoms with Crippen molar-refractivity contribution >= 4 is 21.7 Å². The molecule has 0 spiro atoms. The Kier molecular flexibility index (Phi) is 6.12. The van der Waals surface area contributed by atoms with Crippen molar-refractivity contribution in [3.05, 3.63) is 65.9 Å². The average Bonchev–Trinajstić information content (AvgIpc) is 3.12. The van der Waals surface area contributed by atoms with Gasteiger partial charge in [0.05, 0.1) is 29.7 Å². The molecule has 2 aromatic carbocycles. The van der Waals surface area contributed by atoms with Gasteiger partial charge in [-0.05, 0) is 42.3 Å². The highest BCUT2D eigenvalue weighted by atomic mass is 32.2. The highest BCUT2D eigenvalue weighted by molar-refractivity contribution is 7.92. The average molecular weight is 452 g/mol. The minimum absolute atomic E-state index is 0.149. The van der Waals surface area contributed by atoms with Crippen molar-refractivity contribution in [2.24, 2.45) is 0 Å². The van der Waals surface area contributed by atoms with Gasteiger partial charge in [0.2, 0.25) is 10.0 Å². The lowest BCUT2D eigenvalue weighted by Gasteiger charge is -2.11. The molecule has 0 fully saturated rings. The zero-order chi connectivity index (χ0) is 22.8. The molecule has 31 heavy (non-hydrogen) atoms. The monoisotopic (exact) mass is 452 g/mol. The number of rotatable bonds is 6. The van der Waals surface area contributed by atoms with E-state index in [1.807, 2.05) is 0 Å². The Hall–Kier alpha value is -3.27. The normalized spacial score (nSPS) is 11.9. The molecule has 0 bridgehead atoms. The number of esters is 1. The number of carbonyl (C=O) groups excluding carboxylic acids is 1. The molecular weight excluding hydrogens is 433 g/mol. The van der Waals surface area contributed by atoms with Crippen LogP contribution in [0.5, 0.6) is 0 Å². The third-order valence-corrected chi connectivity index (χ3v) is 4.96. The molecule has 3 aromatic rings. The van der Waals surface area contributed by atoms with E-state index in [2.05, 4.69) is 9.71 Å². The second-order valence-electron chi connectivity index (χ2n) is 6.70. The van der Waals surface area contributed by atoms with Crippen molar-refractivity contribution in [3.8, 4) is 22.4 Å². The van der Waals surface area contributed by atoms with E-state index in [1.165, 1.54) is 30.5 Å². The predicted octanol–water partition coefficient (Wildman–Crippen LogP) is 4.92. The van der Waals surface area contributed by atoms with Crippen LogP contribution in [0.4, 0.5) is 18.9 Å². The molecule has 0 aliphatic rings. The molecule has 0 saturated carbocycles. The number of hydrogen-bond acceptors (Lipinski definition) is 4. The van der Waals surface area contributed by atoms with Gasteiger partial charge in [-0.3, -0.25) is 4.72 Å². The minimum Gasteiger partial charge on any atom is -0.462 e. The van der Waals surface area contributed by atoms with Crippen LogP contribution in [0.15, 0.2) is 54.7 Å². The van der Waals surface area contributed by atoms with Crippen molar-refractivity contribution in [1.82, 2.24) is 4.98 Å². The number of sulfonamides is 1. The Morgan fingerprint density at radius 3 is 2.13 bits per heavy atom. The summed E-state index contributed by atoms with van der Waals surface area (Å²) in [6.45, 7) is 1.81. The molecule has 2 N–H and O–H groups in total. The van der Waals surface area contributed by atoms with Gasteiger partial charge in [0.25, 0.3) is 0 Å². The van der Waals surface area contributed by atoms with Crippen LogP contribution in [0.2, 0.25) is 0 Å². The second kappa shape index (κ2) is 8.46. The van der Waals surface area contributed by atoms with E-state index in [-0.39, 0.29) is 12.2 Å². The molecule has 0 aliphatic carbocycles.